The van der Waals surface area contributed by atoms with Gasteiger partial charge < -0.3 is 15.4 Å². The summed E-state index contributed by atoms with van der Waals surface area (Å²) in [6.07, 6.45) is -0.760. The van der Waals surface area contributed by atoms with Crippen LogP contribution in [0.4, 0.5) is 11.4 Å². The number of nitrogens with zero attached hydrogens (tertiary/aromatic N) is 2. The number of morpholine rings is 1. The highest BCUT2D eigenvalue weighted by Gasteiger charge is 2.28. The lowest BCUT2D eigenvalue weighted by Gasteiger charge is -2.32. The predicted molar refractivity (Wildman–Crippen MR) is 69.3 cm³/mol. The number of nitro benzene ring substituents is 1. The quantitative estimate of drug-likeness (QED) is 0.658. The molecule has 0 radical (unpaired) electrons. The first-order valence-corrected chi connectivity index (χ1v) is 5.96. The predicted octanol–water partition coefficient (Wildman–Crippen LogP) is 0.939. The van der Waals surface area contributed by atoms with Crippen LogP contribution in [0.1, 0.15) is 0 Å². The first-order chi connectivity index (χ1) is 8.99. The van der Waals surface area contributed by atoms with Gasteiger partial charge in [0.1, 0.15) is 5.69 Å². The van der Waals surface area contributed by atoms with Gasteiger partial charge in [0.15, 0.2) is 6.10 Å². The van der Waals surface area contributed by atoms with Crippen LogP contribution < -0.4 is 10.6 Å². The van der Waals surface area contributed by atoms with Crippen LogP contribution in [0.25, 0.3) is 0 Å². The molecule has 1 aromatic carbocycles. The second-order valence-electron chi connectivity index (χ2n) is 4.10. The normalized spacial score (nSPS) is 19.2. The van der Waals surface area contributed by atoms with Crippen molar-refractivity contribution in [2.45, 2.75) is 6.10 Å². The molecule has 1 heterocycles. The summed E-state index contributed by atoms with van der Waals surface area (Å²) in [4.78, 5) is 23.3. The minimum atomic E-state index is -0.760. The average Bonchev–Trinajstić information content (AvgIpc) is 2.38. The zero-order chi connectivity index (χ0) is 14.0. The van der Waals surface area contributed by atoms with Gasteiger partial charge in [-0.3, -0.25) is 14.9 Å². The first-order valence-electron chi connectivity index (χ1n) is 5.59. The van der Waals surface area contributed by atoms with E-state index in [1.807, 2.05) is 0 Å². The van der Waals surface area contributed by atoms with Gasteiger partial charge in [0.25, 0.3) is 5.69 Å². The molecule has 1 fully saturated rings. The van der Waals surface area contributed by atoms with Crippen molar-refractivity contribution < 1.29 is 14.5 Å². The number of nitro groups is 1. The summed E-state index contributed by atoms with van der Waals surface area (Å²) < 4.78 is 5.20. The number of carbonyl (C=O) groups is 1. The number of benzene rings is 1. The highest BCUT2D eigenvalue weighted by atomic mass is 35.5. The average molecular weight is 286 g/mol. The number of ether oxygens (including phenoxy) is 1. The Bertz CT molecular complexity index is 523. The molecule has 19 heavy (non-hydrogen) atoms. The van der Waals surface area contributed by atoms with E-state index in [1.54, 1.807) is 17.0 Å². The highest BCUT2D eigenvalue weighted by Crippen LogP contribution is 2.31. The molecular weight excluding hydrogens is 274 g/mol. The maximum absolute atomic E-state index is 11.1. The molecule has 1 atom stereocenters. The molecule has 1 aliphatic rings. The van der Waals surface area contributed by atoms with E-state index in [4.69, 9.17) is 22.1 Å². The van der Waals surface area contributed by atoms with Crippen molar-refractivity contribution in [3.05, 3.63) is 33.3 Å². The third kappa shape index (κ3) is 2.94. The Morgan fingerprint density at radius 1 is 1.58 bits per heavy atom. The van der Waals surface area contributed by atoms with E-state index in [9.17, 15) is 14.9 Å². The van der Waals surface area contributed by atoms with Crippen LogP contribution in [0.5, 0.6) is 0 Å². The number of hydrogen-bond donors (Lipinski definition) is 1. The van der Waals surface area contributed by atoms with Crippen LogP contribution in [0, 0.1) is 10.1 Å². The van der Waals surface area contributed by atoms with Crippen LogP contribution in [0.3, 0.4) is 0 Å². The van der Waals surface area contributed by atoms with E-state index in [0.717, 1.165) is 0 Å². The molecule has 0 aliphatic carbocycles. The largest absolute Gasteiger partial charge is 0.367 e. The smallest absolute Gasteiger partial charge is 0.294 e. The fraction of sp³-hybridized carbons (Fsp3) is 0.364. The highest BCUT2D eigenvalue weighted by molar-refractivity contribution is 6.30. The van der Waals surface area contributed by atoms with E-state index >= 15 is 0 Å². The van der Waals surface area contributed by atoms with Crippen molar-refractivity contribution in [3.63, 3.8) is 0 Å². The minimum absolute atomic E-state index is 0.0994. The Labute approximate surface area is 114 Å². The Kier molecular flexibility index (Phi) is 3.87. The summed E-state index contributed by atoms with van der Waals surface area (Å²) in [5.41, 5.74) is 5.49. The minimum Gasteiger partial charge on any atom is -0.367 e. The second kappa shape index (κ2) is 5.41. The summed E-state index contributed by atoms with van der Waals surface area (Å²) in [7, 11) is 0. The van der Waals surface area contributed by atoms with Crippen LogP contribution in [-0.4, -0.2) is 36.6 Å². The van der Waals surface area contributed by atoms with Crippen molar-refractivity contribution >= 4 is 28.9 Å². The Morgan fingerprint density at radius 3 is 2.95 bits per heavy atom. The van der Waals surface area contributed by atoms with Crippen molar-refractivity contribution in [2.75, 3.05) is 24.6 Å². The molecule has 102 valence electrons. The van der Waals surface area contributed by atoms with Gasteiger partial charge in [0.2, 0.25) is 5.91 Å². The number of amides is 1. The van der Waals surface area contributed by atoms with Gasteiger partial charge in [-0.2, -0.15) is 0 Å². The zero-order valence-electron chi connectivity index (χ0n) is 9.91. The monoisotopic (exact) mass is 285 g/mol. The summed E-state index contributed by atoms with van der Waals surface area (Å²) in [6, 6.07) is 4.41. The van der Waals surface area contributed by atoms with Gasteiger partial charge >= 0.3 is 0 Å². The van der Waals surface area contributed by atoms with E-state index < -0.39 is 16.9 Å². The number of halogens is 1. The van der Waals surface area contributed by atoms with E-state index in [2.05, 4.69) is 0 Å². The van der Waals surface area contributed by atoms with Gasteiger partial charge in [-0.25, -0.2) is 0 Å². The van der Waals surface area contributed by atoms with Crippen molar-refractivity contribution in [2.24, 2.45) is 5.73 Å². The molecule has 0 saturated carbocycles. The number of anilines is 1. The molecule has 8 heteroatoms. The number of hydrogen-bond acceptors (Lipinski definition) is 5. The van der Waals surface area contributed by atoms with Gasteiger partial charge in [-0.05, 0) is 12.1 Å². The lowest BCUT2D eigenvalue weighted by molar-refractivity contribution is -0.384. The molecule has 7 nitrogen and oxygen atoms in total. The molecule has 0 aromatic heterocycles. The van der Waals surface area contributed by atoms with E-state index in [0.29, 0.717) is 12.2 Å². The van der Waals surface area contributed by atoms with Crippen molar-refractivity contribution in [3.8, 4) is 0 Å². The third-order valence-electron chi connectivity index (χ3n) is 2.86. The molecular formula is C11H12ClN3O4. The van der Waals surface area contributed by atoms with Gasteiger partial charge in [-0.15, -0.1) is 0 Å². The SMILES string of the molecule is NC(=O)C1CN(c2ccc(Cl)cc2[N+](=O)[O-])CCO1. The lowest BCUT2D eigenvalue weighted by atomic mass is 10.2. The lowest BCUT2D eigenvalue weighted by Crippen LogP contribution is -2.48. The molecule has 1 unspecified atom stereocenters. The number of nitrogens with two attached hydrogens (primary N) is 1. The molecule has 0 spiro atoms. The van der Waals surface area contributed by atoms with Crippen LogP contribution in [-0.2, 0) is 9.53 Å². The number of primary amides is 1. The Hall–Kier alpha value is -1.86. The fourth-order valence-electron chi connectivity index (χ4n) is 1.95. The third-order valence-corrected chi connectivity index (χ3v) is 3.09. The van der Waals surface area contributed by atoms with Gasteiger partial charge in [0, 0.05) is 17.6 Å². The summed E-state index contributed by atoms with van der Waals surface area (Å²) in [6.45, 7) is 0.928. The Balaban J connectivity index is 2.30. The molecule has 1 aromatic rings. The van der Waals surface area contributed by atoms with Crippen molar-refractivity contribution in [1.29, 1.82) is 0 Å². The maximum Gasteiger partial charge on any atom is 0.294 e. The summed E-state index contributed by atoms with van der Waals surface area (Å²) in [5.74, 6) is -0.582. The fourth-order valence-corrected chi connectivity index (χ4v) is 2.12. The van der Waals surface area contributed by atoms with Crippen LogP contribution in [0.2, 0.25) is 5.02 Å². The standard InChI is InChI=1S/C11H12ClN3O4/c12-7-1-2-8(9(5-7)15(17)18)14-3-4-19-10(6-14)11(13)16/h1-2,5,10H,3-4,6H2,(H2,13,16). The van der Waals surface area contributed by atoms with Gasteiger partial charge in [-0.1, -0.05) is 11.6 Å². The maximum atomic E-state index is 11.1. The van der Waals surface area contributed by atoms with E-state index in [-0.39, 0.29) is 23.9 Å². The topological polar surface area (TPSA) is 98.7 Å². The van der Waals surface area contributed by atoms with Crippen LogP contribution >= 0.6 is 11.6 Å². The first kappa shape index (κ1) is 13.6. The number of rotatable bonds is 3. The zero-order valence-corrected chi connectivity index (χ0v) is 10.7. The molecule has 1 saturated heterocycles. The van der Waals surface area contributed by atoms with Gasteiger partial charge in [0.05, 0.1) is 18.1 Å². The number of carbonyl (C=O) groups excluding carboxylic acids is 1. The second-order valence-corrected chi connectivity index (χ2v) is 4.53. The summed E-state index contributed by atoms with van der Waals surface area (Å²) >= 11 is 5.76. The van der Waals surface area contributed by atoms with Crippen LogP contribution in [0.15, 0.2) is 18.2 Å². The molecule has 2 rings (SSSR count). The molecule has 1 amide bonds. The Morgan fingerprint density at radius 2 is 2.32 bits per heavy atom. The molecule has 2 N–H and O–H groups in total. The molecule has 0 bridgehead atoms. The molecule has 1 aliphatic heterocycles. The summed E-state index contributed by atoms with van der Waals surface area (Å²) in [5, 5.41) is 11.3. The van der Waals surface area contributed by atoms with Crippen molar-refractivity contribution in [1.82, 2.24) is 0 Å². The van der Waals surface area contributed by atoms with E-state index in [1.165, 1.54) is 6.07 Å².